The molecular formula is C8H17NO4S. The molecule has 14 heavy (non-hydrogen) atoms. The van der Waals surface area contributed by atoms with E-state index < -0.39 is 10.1 Å². The fourth-order valence-corrected chi connectivity index (χ4v) is 1.05. The van der Waals surface area contributed by atoms with E-state index in [1.165, 1.54) is 0 Å². The lowest BCUT2D eigenvalue weighted by atomic mass is 10.5. The minimum atomic E-state index is -3.34. The molecule has 0 aliphatic heterocycles. The number of nitrogens with one attached hydrogen (secondary N) is 1. The van der Waals surface area contributed by atoms with Gasteiger partial charge in [-0.05, 0) is 6.92 Å². The topological polar surface area (TPSA) is 64.6 Å². The van der Waals surface area contributed by atoms with Gasteiger partial charge in [0.1, 0.15) is 0 Å². The first-order chi connectivity index (χ1) is 6.42. The number of ether oxygens (including phenoxy) is 1. The second-order valence-corrected chi connectivity index (χ2v) is 4.49. The predicted octanol–water partition coefficient (Wildman–Crippen LogP) is 0.102. The first-order valence-corrected chi connectivity index (χ1v) is 6.05. The van der Waals surface area contributed by atoms with Gasteiger partial charge in [-0.2, -0.15) is 8.42 Å². The molecule has 6 heteroatoms. The average Bonchev–Trinajstić information content (AvgIpc) is 2.00. The average molecular weight is 223 g/mol. The Hall–Kier alpha value is -0.590. The maximum atomic E-state index is 10.5. The van der Waals surface area contributed by atoms with Crippen LogP contribution in [0.4, 0.5) is 0 Å². The standard InChI is InChI=1S/C8H17NO4S/c1-8(2)9-4-5-12-6-7-13-14(3,10)11/h9H,1,4-7H2,2-3H3. The summed E-state index contributed by atoms with van der Waals surface area (Å²) in [5, 5.41) is 2.97. The van der Waals surface area contributed by atoms with Crippen LogP contribution in [0.25, 0.3) is 0 Å². The number of hydrogen-bond acceptors (Lipinski definition) is 5. The van der Waals surface area contributed by atoms with Crippen LogP contribution in [0, 0.1) is 0 Å². The molecule has 0 aliphatic carbocycles. The fourth-order valence-electron chi connectivity index (χ4n) is 0.683. The van der Waals surface area contributed by atoms with Gasteiger partial charge in [0, 0.05) is 12.2 Å². The van der Waals surface area contributed by atoms with E-state index in [1.807, 2.05) is 6.92 Å². The number of allylic oxidation sites excluding steroid dienone is 1. The molecule has 0 atom stereocenters. The number of rotatable bonds is 8. The first kappa shape index (κ1) is 13.4. The molecular weight excluding hydrogens is 206 g/mol. The van der Waals surface area contributed by atoms with Gasteiger partial charge in [0.25, 0.3) is 10.1 Å². The third-order valence-corrected chi connectivity index (χ3v) is 1.79. The van der Waals surface area contributed by atoms with Crippen molar-refractivity contribution in [3.05, 3.63) is 12.3 Å². The Kier molecular flexibility index (Phi) is 6.52. The van der Waals surface area contributed by atoms with Crippen molar-refractivity contribution in [1.82, 2.24) is 5.32 Å². The molecule has 5 nitrogen and oxygen atoms in total. The molecule has 0 radical (unpaired) electrons. The Morgan fingerprint density at radius 3 is 2.50 bits per heavy atom. The van der Waals surface area contributed by atoms with Crippen LogP contribution in [0.3, 0.4) is 0 Å². The summed E-state index contributed by atoms with van der Waals surface area (Å²) in [5.74, 6) is 0. The molecule has 0 aromatic rings. The molecule has 0 fully saturated rings. The lowest BCUT2D eigenvalue weighted by Gasteiger charge is -2.06. The molecule has 1 N–H and O–H groups in total. The maximum absolute atomic E-state index is 10.5. The van der Waals surface area contributed by atoms with Crippen LogP contribution < -0.4 is 5.32 Å². The Labute approximate surface area is 85.2 Å². The molecule has 0 aromatic heterocycles. The summed E-state index contributed by atoms with van der Waals surface area (Å²) in [6.45, 7) is 7.00. The van der Waals surface area contributed by atoms with Crippen LogP contribution in [0.5, 0.6) is 0 Å². The van der Waals surface area contributed by atoms with Gasteiger partial charge in [0.15, 0.2) is 0 Å². The van der Waals surface area contributed by atoms with E-state index in [9.17, 15) is 8.42 Å². The second-order valence-electron chi connectivity index (χ2n) is 2.85. The Morgan fingerprint density at radius 2 is 2.00 bits per heavy atom. The predicted molar refractivity (Wildman–Crippen MR) is 54.4 cm³/mol. The summed E-state index contributed by atoms with van der Waals surface area (Å²) in [6, 6.07) is 0. The van der Waals surface area contributed by atoms with Gasteiger partial charge in [0.2, 0.25) is 0 Å². The second kappa shape index (κ2) is 6.80. The highest BCUT2D eigenvalue weighted by atomic mass is 32.2. The Balaban J connectivity index is 3.19. The zero-order chi connectivity index (χ0) is 11.0. The molecule has 0 aliphatic rings. The van der Waals surface area contributed by atoms with Gasteiger partial charge in [-0.3, -0.25) is 4.18 Å². The largest absolute Gasteiger partial charge is 0.387 e. The summed E-state index contributed by atoms with van der Waals surface area (Å²) < 4.78 is 30.6. The van der Waals surface area contributed by atoms with Crippen molar-refractivity contribution in [2.45, 2.75) is 6.92 Å². The van der Waals surface area contributed by atoms with Gasteiger partial charge < -0.3 is 10.1 Å². The first-order valence-electron chi connectivity index (χ1n) is 4.23. The van der Waals surface area contributed by atoms with E-state index in [0.29, 0.717) is 13.2 Å². The lowest BCUT2D eigenvalue weighted by molar-refractivity contribution is 0.105. The minimum absolute atomic E-state index is 0.0614. The molecule has 0 unspecified atom stereocenters. The van der Waals surface area contributed by atoms with Crippen molar-refractivity contribution in [3.63, 3.8) is 0 Å². The van der Waals surface area contributed by atoms with Crippen molar-refractivity contribution >= 4 is 10.1 Å². The van der Waals surface area contributed by atoms with Crippen LogP contribution in [-0.4, -0.2) is 41.0 Å². The zero-order valence-corrected chi connectivity index (χ0v) is 9.39. The van der Waals surface area contributed by atoms with E-state index in [-0.39, 0.29) is 13.2 Å². The molecule has 0 saturated carbocycles. The molecule has 0 rings (SSSR count). The van der Waals surface area contributed by atoms with E-state index in [2.05, 4.69) is 16.1 Å². The summed E-state index contributed by atoms with van der Waals surface area (Å²) >= 11 is 0. The molecule has 0 spiro atoms. The van der Waals surface area contributed by atoms with Crippen LogP contribution >= 0.6 is 0 Å². The zero-order valence-electron chi connectivity index (χ0n) is 8.58. The third kappa shape index (κ3) is 11.4. The van der Waals surface area contributed by atoms with Gasteiger partial charge in [-0.25, -0.2) is 0 Å². The summed E-state index contributed by atoms with van der Waals surface area (Å²) in [5.41, 5.74) is 0.876. The van der Waals surface area contributed by atoms with E-state index in [1.54, 1.807) is 0 Å². The van der Waals surface area contributed by atoms with Crippen LogP contribution in [-0.2, 0) is 19.0 Å². The summed E-state index contributed by atoms with van der Waals surface area (Å²) in [6.07, 6.45) is 1.01. The number of hydrogen-bond donors (Lipinski definition) is 1. The van der Waals surface area contributed by atoms with E-state index in [4.69, 9.17) is 4.74 Å². The minimum Gasteiger partial charge on any atom is -0.387 e. The normalized spacial score (nSPS) is 11.3. The van der Waals surface area contributed by atoms with Gasteiger partial charge in [0.05, 0.1) is 26.1 Å². The molecule has 84 valence electrons. The Morgan fingerprint density at radius 1 is 1.36 bits per heavy atom. The summed E-state index contributed by atoms with van der Waals surface area (Å²) in [4.78, 5) is 0. The van der Waals surface area contributed by atoms with Crippen molar-refractivity contribution in [2.24, 2.45) is 0 Å². The van der Waals surface area contributed by atoms with Gasteiger partial charge in [-0.15, -0.1) is 0 Å². The van der Waals surface area contributed by atoms with Crippen molar-refractivity contribution in [3.8, 4) is 0 Å². The van der Waals surface area contributed by atoms with Crippen molar-refractivity contribution < 1.29 is 17.3 Å². The maximum Gasteiger partial charge on any atom is 0.264 e. The monoisotopic (exact) mass is 223 g/mol. The van der Waals surface area contributed by atoms with Crippen molar-refractivity contribution in [2.75, 3.05) is 32.6 Å². The highest BCUT2D eigenvalue weighted by Gasteiger charge is 1.99. The van der Waals surface area contributed by atoms with Crippen molar-refractivity contribution in [1.29, 1.82) is 0 Å². The smallest absolute Gasteiger partial charge is 0.264 e. The van der Waals surface area contributed by atoms with Crippen LogP contribution in [0.15, 0.2) is 12.3 Å². The lowest BCUT2D eigenvalue weighted by Crippen LogP contribution is -2.18. The fraction of sp³-hybridized carbons (Fsp3) is 0.750. The summed E-state index contributed by atoms with van der Waals surface area (Å²) in [7, 11) is -3.34. The van der Waals surface area contributed by atoms with Crippen LogP contribution in [0.2, 0.25) is 0 Å². The molecule has 0 bridgehead atoms. The highest BCUT2D eigenvalue weighted by molar-refractivity contribution is 7.85. The van der Waals surface area contributed by atoms with Crippen LogP contribution in [0.1, 0.15) is 6.92 Å². The SMILES string of the molecule is C=C(C)NCCOCCOS(C)(=O)=O. The quantitative estimate of drug-likeness (QED) is 0.467. The third-order valence-electron chi connectivity index (χ3n) is 1.20. The van der Waals surface area contributed by atoms with E-state index >= 15 is 0 Å². The molecule has 0 aromatic carbocycles. The molecule has 0 amide bonds. The van der Waals surface area contributed by atoms with Gasteiger partial charge >= 0.3 is 0 Å². The molecule has 0 heterocycles. The van der Waals surface area contributed by atoms with E-state index in [0.717, 1.165) is 12.0 Å². The molecule has 0 saturated heterocycles. The van der Waals surface area contributed by atoms with Gasteiger partial charge in [-0.1, -0.05) is 6.58 Å². The highest BCUT2D eigenvalue weighted by Crippen LogP contribution is 1.86. The Bertz CT molecular complexity index is 261.